The van der Waals surface area contributed by atoms with E-state index in [1.165, 1.54) is 5.56 Å². The molecule has 0 bridgehead atoms. The zero-order valence-electron chi connectivity index (χ0n) is 9.60. The predicted molar refractivity (Wildman–Crippen MR) is 68.7 cm³/mol. The average Bonchev–Trinajstić information content (AvgIpc) is 2.38. The minimum Gasteiger partial charge on any atom is -0.305 e. The van der Waals surface area contributed by atoms with Crippen LogP contribution in [0, 0.1) is 0 Å². The van der Waals surface area contributed by atoms with Gasteiger partial charge in [0.05, 0.1) is 5.69 Å². The van der Waals surface area contributed by atoms with E-state index in [1.807, 2.05) is 24.3 Å². The average molecular weight is 248 g/mol. The van der Waals surface area contributed by atoms with Gasteiger partial charge in [-0.25, -0.2) is 0 Å². The standard InChI is InChI=1S/C13H14ClN3/c1-10(11-2-4-12(14)5-3-11)17-9-13-8-15-6-7-16-13/h2-8,10,17H,9H2,1H3/t10-/m1/s1. The van der Waals surface area contributed by atoms with Crippen molar-refractivity contribution in [2.45, 2.75) is 19.5 Å². The molecule has 0 saturated carbocycles. The van der Waals surface area contributed by atoms with E-state index < -0.39 is 0 Å². The van der Waals surface area contributed by atoms with Gasteiger partial charge in [0, 0.05) is 36.2 Å². The molecule has 2 aromatic rings. The Labute approximate surface area is 106 Å². The van der Waals surface area contributed by atoms with Crippen LogP contribution >= 0.6 is 11.6 Å². The van der Waals surface area contributed by atoms with E-state index in [0.29, 0.717) is 6.54 Å². The van der Waals surface area contributed by atoms with E-state index in [1.54, 1.807) is 18.6 Å². The second-order valence-corrected chi connectivity index (χ2v) is 4.29. The fourth-order valence-corrected chi connectivity index (χ4v) is 1.67. The van der Waals surface area contributed by atoms with Gasteiger partial charge in [-0.05, 0) is 24.6 Å². The monoisotopic (exact) mass is 247 g/mol. The number of aromatic nitrogens is 2. The van der Waals surface area contributed by atoms with Gasteiger partial charge in [-0.1, -0.05) is 23.7 Å². The van der Waals surface area contributed by atoms with Crippen molar-refractivity contribution in [1.82, 2.24) is 15.3 Å². The molecule has 0 amide bonds. The zero-order chi connectivity index (χ0) is 12.1. The third-order valence-corrected chi connectivity index (χ3v) is 2.83. The van der Waals surface area contributed by atoms with Gasteiger partial charge in [-0.3, -0.25) is 9.97 Å². The Morgan fingerprint density at radius 1 is 1.24 bits per heavy atom. The normalized spacial score (nSPS) is 12.4. The summed E-state index contributed by atoms with van der Waals surface area (Å²) in [6.07, 6.45) is 5.14. The SMILES string of the molecule is C[C@@H](NCc1cnccn1)c1ccc(Cl)cc1. The number of rotatable bonds is 4. The predicted octanol–water partition coefficient (Wildman–Crippen LogP) is 2.98. The molecule has 0 spiro atoms. The first-order valence-electron chi connectivity index (χ1n) is 5.49. The van der Waals surface area contributed by atoms with E-state index in [-0.39, 0.29) is 6.04 Å². The van der Waals surface area contributed by atoms with Crippen LogP contribution in [-0.4, -0.2) is 9.97 Å². The van der Waals surface area contributed by atoms with E-state index in [4.69, 9.17) is 11.6 Å². The van der Waals surface area contributed by atoms with Gasteiger partial charge in [-0.15, -0.1) is 0 Å². The molecule has 1 aromatic carbocycles. The highest BCUT2D eigenvalue weighted by Crippen LogP contribution is 2.16. The smallest absolute Gasteiger partial charge is 0.0724 e. The number of hydrogen-bond acceptors (Lipinski definition) is 3. The molecule has 1 heterocycles. The number of halogens is 1. The van der Waals surface area contributed by atoms with Crippen molar-refractivity contribution in [3.8, 4) is 0 Å². The van der Waals surface area contributed by atoms with Crippen molar-refractivity contribution >= 4 is 11.6 Å². The van der Waals surface area contributed by atoms with E-state index in [0.717, 1.165) is 10.7 Å². The summed E-state index contributed by atoms with van der Waals surface area (Å²) in [5, 5.41) is 4.15. The maximum atomic E-state index is 5.85. The molecule has 0 saturated heterocycles. The first-order chi connectivity index (χ1) is 8.25. The van der Waals surface area contributed by atoms with Crippen molar-refractivity contribution in [3.05, 3.63) is 59.1 Å². The van der Waals surface area contributed by atoms with Gasteiger partial charge in [0.1, 0.15) is 0 Å². The van der Waals surface area contributed by atoms with Crippen molar-refractivity contribution in [3.63, 3.8) is 0 Å². The van der Waals surface area contributed by atoms with Gasteiger partial charge in [0.2, 0.25) is 0 Å². The highest BCUT2D eigenvalue weighted by molar-refractivity contribution is 6.30. The number of nitrogens with zero attached hydrogens (tertiary/aromatic N) is 2. The number of hydrogen-bond donors (Lipinski definition) is 1. The van der Waals surface area contributed by atoms with Gasteiger partial charge < -0.3 is 5.32 Å². The molecular weight excluding hydrogens is 234 g/mol. The minimum atomic E-state index is 0.259. The molecular formula is C13H14ClN3. The highest BCUT2D eigenvalue weighted by atomic mass is 35.5. The van der Waals surface area contributed by atoms with E-state index >= 15 is 0 Å². The van der Waals surface area contributed by atoms with Crippen molar-refractivity contribution in [1.29, 1.82) is 0 Å². The lowest BCUT2D eigenvalue weighted by Crippen LogP contribution is -2.18. The topological polar surface area (TPSA) is 37.8 Å². The van der Waals surface area contributed by atoms with Crippen molar-refractivity contribution in [2.24, 2.45) is 0 Å². The quantitative estimate of drug-likeness (QED) is 0.903. The zero-order valence-corrected chi connectivity index (χ0v) is 10.4. The van der Waals surface area contributed by atoms with Crippen molar-refractivity contribution in [2.75, 3.05) is 0 Å². The molecule has 3 nitrogen and oxygen atoms in total. The van der Waals surface area contributed by atoms with Crippen LogP contribution in [0.1, 0.15) is 24.2 Å². The summed E-state index contributed by atoms with van der Waals surface area (Å²) in [4.78, 5) is 8.24. The maximum absolute atomic E-state index is 5.85. The van der Waals surface area contributed by atoms with Gasteiger partial charge in [0.15, 0.2) is 0 Å². The summed E-state index contributed by atoms with van der Waals surface area (Å²) in [5.41, 5.74) is 2.15. The fourth-order valence-electron chi connectivity index (χ4n) is 1.55. The first-order valence-corrected chi connectivity index (χ1v) is 5.87. The van der Waals surface area contributed by atoms with Crippen LogP contribution in [0.5, 0.6) is 0 Å². The summed E-state index contributed by atoms with van der Waals surface area (Å²) in [5.74, 6) is 0. The molecule has 0 aliphatic heterocycles. The molecule has 17 heavy (non-hydrogen) atoms. The summed E-state index contributed by atoms with van der Waals surface area (Å²) >= 11 is 5.85. The summed E-state index contributed by atoms with van der Waals surface area (Å²) in [6.45, 7) is 2.82. The Balaban J connectivity index is 1.93. The first kappa shape index (κ1) is 12.0. The molecule has 0 fully saturated rings. The fraction of sp³-hybridized carbons (Fsp3) is 0.231. The third kappa shape index (κ3) is 3.51. The van der Waals surface area contributed by atoms with Gasteiger partial charge in [-0.2, -0.15) is 0 Å². The third-order valence-electron chi connectivity index (χ3n) is 2.58. The lowest BCUT2D eigenvalue weighted by Gasteiger charge is -2.13. The molecule has 0 unspecified atom stereocenters. The largest absolute Gasteiger partial charge is 0.305 e. The van der Waals surface area contributed by atoms with Crippen LogP contribution in [0.2, 0.25) is 5.02 Å². The number of benzene rings is 1. The molecule has 88 valence electrons. The Hall–Kier alpha value is -1.45. The second-order valence-electron chi connectivity index (χ2n) is 3.85. The molecule has 0 aliphatic carbocycles. The molecule has 1 N–H and O–H groups in total. The van der Waals surface area contributed by atoms with E-state index in [2.05, 4.69) is 22.2 Å². The molecule has 0 radical (unpaired) electrons. The van der Waals surface area contributed by atoms with Crippen LogP contribution in [0.4, 0.5) is 0 Å². The van der Waals surface area contributed by atoms with Crippen LogP contribution < -0.4 is 5.32 Å². The van der Waals surface area contributed by atoms with Gasteiger partial charge >= 0.3 is 0 Å². The second kappa shape index (κ2) is 5.75. The number of nitrogens with one attached hydrogen (secondary N) is 1. The Morgan fingerprint density at radius 2 is 2.00 bits per heavy atom. The minimum absolute atomic E-state index is 0.259. The molecule has 2 rings (SSSR count). The Kier molecular flexibility index (Phi) is 4.07. The van der Waals surface area contributed by atoms with Crippen LogP contribution in [0.25, 0.3) is 0 Å². The lowest BCUT2D eigenvalue weighted by atomic mass is 10.1. The van der Waals surface area contributed by atoms with Crippen molar-refractivity contribution < 1.29 is 0 Å². The molecule has 0 aliphatic rings. The summed E-state index contributed by atoms with van der Waals surface area (Å²) in [7, 11) is 0. The van der Waals surface area contributed by atoms with Crippen LogP contribution in [0.3, 0.4) is 0 Å². The molecule has 1 aromatic heterocycles. The molecule has 4 heteroatoms. The maximum Gasteiger partial charge on any atom is 0.0724 e. The Bertz CT molecular complexity index is 456. The van der Waals surface area contributed by atoms with Gasteiger partial charge in [0.25, 0.3) is 0 Å². The lowest BCUT2D eigenvalue weighted by molar-refractivity contribution is 0.566. The van der Waals surface area contributed by atoms with Crippen LogP contribution in [0.15, 0.2) is 42.9 Å². The Morgan fingerprint density at radius 3 is 2.65 bits per heavy atom. The van der Waals surface area contributed by atoms with E-state index in [9.17, 15) is 0 Å². The van der Waals surface area contributed by atoms with Crippen LogP contribution in [-0.2, 0) is 6.54 Å². The summed E-state index contributed by atoms with van der Waals surface area (Å²) < 4.78 is 0. The highest BCUT2D eigenvalue weighted by Gasteiger charge is 2.04. The summed E-state index contributed by atoms with van der Waals surface area (Å²) in [6, 6.07) is 8.11. The molecule has 1 atom stereocenters.